The molecule has 0 aromatic heterocycles. The second-order valence-corrected chi connectivity index (χ2v) is 5.89. The maximum Gasteiger partial charge on any atom is 0.253 e. The fourth-order valence-corrected chi connectivity index (χ4v) is 2.70. The molecule has 0 saturated heterocycles. The average molecular weight is 289 g/mol. The molecule has 1 aromatic carbocycles. The van der Waals surface area contributed by atoms with E-state index in [1.165, 1.54) is 4.90 Å². The van der Waals surface area contributed by atoms with Crippen molar-refractivity contribution in [3.63, 3.8) is 0 Å². The summed E-state index contributed by atoms with van der Waals surface area (Å²) in [5.74, 6) is -0.104. The Hall–Kier alpha value is -1.88. The first kappa shape index (κ1) is 15.5. The van der Waals surface area contributed by atoms with Gasteiger partial charge in [0, 0.05) is 37.3 Å². The van der Waals surface area contributed by atoms with E-state index in [0.29, 0.717) is 11.3 Å². The maximum absolute atomic E-state index is 12.3. The summed E-state index contributed by atoms with van der Waals surface area (Å²) in [6, 6.07) is 7.15. The zero-order valence-electron chi connectivity index (χ0n) is 12.6. The van der Waals surface area contributed by atoms with E-state index < -0.39 is 0 Å². The Balaban J connectivity index is 2.04. The lowest BCUT2D eigenvalue weighted by Crippen LogP contribution is -2.34. The minimum Gasteiger partial charge on any atom is -0.345 e. The van der Waals surface area contributed by atoms with Gasteiger partial charge in [0.25, 0.3) is 5.91 Å². The quantitative estimate of drug-likeness (QED) is 0.891. The van der Waals surface area contributed by atoms with Gasteiger partial charge < -0.3 is 16.0 Å². The monoisotopic (exact) mass is 289 g/mol. The number of hydrogen-bond donors (Lipinski definition) is 2. The van der Waals surface area contributed by atoms with Gasteiger partial charge in [-0.25, -0.2) is 0 Å². The number of benzene rings is 1. The summed E-state index contributed by atoms with van der Waals surface area (Å²) >= 11 is 0. The molecule has 0 heterocycles. The van der Waals surface area contributed by atoms with Gasteiger partial charge in [-0.1, -0.05) is 12.5 Å². The summed E-state index contributed by atoms with van der Waals surface area (Å²) in [6.45, 7) is 0. The molecule has 1 aromatic rings. The van der Waals surface area contributed by atoms with E-state index in [9.17, 15) is 9.59 Å². The maximum atomic E-state index is 12.3. The van der Waals surface area contributed by atoms with Crippen LogP contribution in [0.15, 0.2) is 24.3 Å². The molecular weight excluding hydrogens is 266 g/mol. The molecule has 21 heavy (non-hydrogen) atoms. The third-order valence-corrected chi connectivity index (χ3v) is 3.87. The SMILES string of the molecule is CN(C)C(=O)c1cccc(NC(=O)C2CCCC(N)C2)c1. The van der Waals surface area contributed by atoms with E-state index in [4.69, 9.17) is 5.73 Å². The van der Waals surface area contributed by atoms with Crippen LogP contribution in [0.3, 0.4) is 0 Å². The van der Waals surface area contributed by atoms with Gasteiger partial charge in [0.2, 0.25) is 5.91 Å². The topological polar surface area (TPSA) is 75.4 Å². The smallest absolute Gasteiger partial charge is 0.253 e. The standard InChI is InChI=1S/C16H23N3O2/c1-19(2)16(21)12-6-4-8-14(10-12)18-15(20)11-5-3-7-13(17)9-11/h4,6,8,10-11,13H,3,5,7,9,17H2,1-2H3,(H,18,20). The van der Waals surface area contributed by atoms with Gasteiger partial charge in [0.05, 0.1) is 0 Å². The Morgan fingerprint density at radius 1 is 1.29 bits per heavy atom. The zero-order valence-corrected chi connectivity index (χ0v) is 12.6. The van der Waals surface area contributed by atoms with Crippen molar-refractivity contribution < 1.29 is 9.59 Å². The average Bonchev–Trinajstić information content (AvgIpc) is 2.46. The van der Waals surface area contributed by atoms with Gasteiger partial charge in [-0.15, -0.1) is 0 Å². The molecule has 1 saturated carbocycles. The van der Waals surface area contributed by atoms with E-state index in [1.54, 1.807) is 38.4 Å². The molecule has 0 radical (unpaired) electrons. The summed E-state index contributed by atoms with van der Waals surface area (Å²) in [5, 5.41) is 2.90. The number of nitrogens with one attached hydrogen (secondary N) is 1. The summed E-state index contributed by atoms with van der Waals surface area (Å²) < 4.78 is 0. The molecule has 1 aliphatic rings. The van der Waals surface area contributed by atoms with E-state index >= 15 is 0 Å². The van der Waals surface area contributed by atoms with Crippen LogP contribution in [0.5, 0.6) is 0 Å². The summed E-state index contributed by atoms with van der Waals surface area (Å²) in [4.78, 5) is 25.7. The molecule has 3 N–H and O–H groups in total. The number of anilines is 1. The predicted octanol–water partition coefficient (Wildman–Crippen LogP) is 1.84. The molecule has 5 heteroatoms. The van der Waals surface area contributed by atoms with E-state index in [0.717, 1.165) is 25.7 Å². The van der Waals surface area contributed by atoms with Crippen LogP contribution in [-0.4, -0.2) is 36.9 Å². The first-order valence-electron chi connectivity index (χ1n) is 7.35. The van der Waals surface area contributed by atoms with Crippen molar-refractivity contribution in [2.75, 3.05) is 19.4 Å². The second-order valence-electron chi connectivity index (χ2n) is 5.89. The molecule has 5 nitrogen and oxygen atoms in total. The first-order chi connectivity index (χ1) is 9.97. The third kappa shape index (κ3) is 4.04. The Bertz CT molecular complexity index is 528. The lowest BCUT2D eigenvalue weighted by Gasteiger charge is -2.25. The number of nitrogens with two attached hydrogens (primary N) is 1. The van der Waals surface area contributed by atoms with Crippen molar-refractivity contribution in [1.29, 1.82) is 0 Å². The number of amides is 2. The highest BCUT2D eigenvalue weighted by molar-refractivity contribution is 5.97. The summed E-state index contributed by atoms with van der Waals surface area (Å²) in [7, 11) is 3.41. The van der Waals surface area contributed by atoms with Gasteiger partial charge in [0.15, 0.2) is 0 Å². The molecule has 1 fully saturated rings. The Kier molecular flexibility index (Phi) is 4.96. The van der Waals surface area contributed by atoms with Crippen molar-refractivity contribution in [3.8, 4) is 0 Å². The number of carbonyl (C=O) groups excluding carboxylic acids is 2. The minimum absolute atomic E-state index is 0.000368. The Morgan fingerprint density at radius 2 is 2.05 bits per heavy atom. The Labute approximate surface area is 125 Å². The van der Waals surface area contributed by atoms with Gasteiger partial charge >= 0.3 is 0 Å². The second kappa shape index (κ2) is 6.72. The number of hydrogen-bond acceptors (Lipinski definition) is 3. The van der Waals surface area contributed by atoms with Crippen molar-refractivity contribution in [2.45, 2.75) is 31.7 Å². The van der Waals surface area contributed by atoms with E-state index in [2.05, 4.69) is 5.32 Å². The Morgan fingerprint density at radius 3 is 2.71 bits per heavy atom. The van der Waals surface area contributed by atoms with Crippen LogP contribution in [0.1, 0.15) is 36.0 Å². The van der Waals surface area contributed by atoms with Crippen LogP contribution < -0.4 is 11.1 Å². The summed E-state index contributed by atoms with van der Waals surface area (Å²) in [6.07, 6.45) is 3.62. The van der Waals surface area contributed by atoms with Gasteiger partial charge in [-0.05, 0) is 37.5 Å². The zero-order chi connectivity index (χ0) is 15.4. The number of nitrogens with zero attached hydrogens (tertiary/aromatic N) is 1. The normalized spacial score (nSPS) is 21.7. The lowest BCUT2D eigenvalue weighted by atomic mass is 9.85. The van der Waals surface area contributed by atoms with Crippen molar-refractivity contribution in [2.24, 2.45) is 11.7 Å². The fraction of sp³-hybridized carbons (Fsp3) is 0.500. The van der Waals surface area contributed by atoms with Gasteiger partial charge in [0.1, 0.15) is 0 Å². The van der Waals surface area contributed by atoms with Crippen LogP contribution in [0.25, 0.3) is 0 Å². The fourth-order valence-electron chi connectivity index (χ4n) is 2.70. The molecule has 114 valence electrons. The molecule has 1 aliphatic carbocycles. The van der Waals surface area contributed by atoms with Crippen LogP contribution in [0.2, 0.25) is 0 Å². The number of rotatable bonds is 3. The first-order valence-corrected chi connectivity index (χ1v) is 7.35. The molecule has 2 amide bonds. The minimum atomic E-state index is -0.0780. The van der Waals surface area contributed by atoms with Crippen LogP contribution >= 0.6 is 0 Å². The molecule has 0 bridgehead atoms. The predicted molar refractivity (Wildman–Crippen MR) is 83.0 cm³/mol. The molecule has 0 aliphatic heterocycles. The van der Waals surface area contributed by atoms with Crippen molar-refractivity contribution in [3.05, 3.63) is 29.8 Å². The van der Waals surface area contributed by atoms with Crippen molar-refractivity contribution >= 4 is 17.5 Å². The van der Waals surface area contributed by atoms with Crippen molar-refractivity contribution in [1.82, 2.24) is 4.90 Å². The molecular formula is C16H23N3O2. The molecule has 2 atom stereocenters. The highest BCUT2D eigenvalue weighted by Gasteiger charge is 2.25. The highest BCUT2D eigenvalue weighted by Crippen LogP contribution is 2.24. The number of carbonyl (C=O) groups is 2. The van der Waals surface area contributed by atoms with Gasteiger partial charge in [-0.2, -0.15) is 0 Å². The lowest BCUT2D eigenvalue weighted by molar-refractivity contribution is -0.120. The molecule has 2 unspecified atom stereocenters. The van der Waals surface area contributed by atoms with E-state index in [-0.39, 0.29) is 23.8 Å². The highest BCUT2D eigenvalue weighted by atomic mass is 16.2. The van der Waals surface area contributed by atoms with Crippen LogP contribution in [0.4, 0.5) is 5.69 Å². The molecule has 2 rings (SSSR count). The molecule has 0 spiro atoms. The van der Waals surface area contributed by atoms with Crippen LogP contribution in [0, 0.1) is 5.92 Å². The van der Waals surface area contributed by atoms with E-state index in [1.807, 2.05) is 0 Å². The largest absolute Gasteiger partial charge is 0.345 e. The third-order valence-electron chi connectivity index (χ3n) is 3.87. The van der Waals surface area contributed by atoms with Gasteiger partial charge in [-0.3, -0.25) is 9.59 Å². The summed E-state index contributed by atoms with van der Waals surface area (Å²) in [5.41, 5.74) is 7.15. The van der Waals surface area contributed by atoms with Crippen LogP contribution in [-0.2, 0) is 4.79 Å².